The minimum Gasteiger partial charge on any atom is -0.768 e. The van der Waals surface area contributed by atoms with Crippen LogP contribution in [0.2, 0.25) is 0 Å². The van der Waals surface area contributed by atoms with E-state index in [9.17, 15) is 23.1 Å². The van der Waals surface area contributed by atoms with Gasteiger partial charge in [-0.2, -0.15) is 0 Å². The van der Waals surface area contributed by atoms with Crippen LogP contribution < -0.4 is 64.2 Å². The Hall–Kier alpha value is 1.21. The summed E-state index contributed by atoms with van der Waals surface area (Å²) < 4.78 is 34.2. The first-order valence-corrected chi connectivity index (χ1v) is 5.10. The summed E-state index contributed by atoms with van der Waals surface area (Å²) in [5.74, 6) is -3.09. The molecule has 0 saturated heterocycles. The van der Waals surface area contributed by atoms with E-state index in [1.54, 1.807) is 0 Å². The van der Waals surface area contributed by atoms with E-state index in [1.807, 2.05) is 0 Å². The summed E-state index contributed by atoms with van der Waals surface area (Å²) in [5.41, 5.74) is -0.793. The molecule has 76 valence electrons. The largest absolute Gasteiger partial charge is 1.00 e. The second kappa shape index (κ2) is 8.34. The van der Waals surface area contributed by atoms with Crippen molar-refractivity contribution in [2.75, 3.05) is 0 Å². The molecule has 0 aromatic heterocycles. The first kappa shape index (κ1) is 19.5. The smallest absolute Gasteiger partial charge is 0.768 e. The molecule has 1 atom stereocenters. The van der Waals surface area contributed by atoms with Crippen molar-refractivity contribution in [3.8, 4) is 0 Å². The summed E-state index contributed by atoms with van der Waals surface area (Å²) in [4.78, 5) is 9.67. The molecule has 0 fully saturated rings. The van der Waals surface area contributed by atoms with Crippen LogP contribution >= 0.6 is 15.9 Å². The second-order valence-electron chi connectivity index (χ2n) is 2.29. The third-order valence-electron chi connectivity index (χ3n) is 1.40. The number of halogens is 2. The number of rotatable bonds is 2. The third-order valence-corrected chi connectivity index (χ3v) is 2.52. The Morgan fingerprint density at radius 2 is 1.88 bits per heavy atom. The van der Waals surface area contributed by atoms with Crippen LogP contribution in [0.4, 0.5) is 4.39 Å². The van der Waals surface area contributed by atoms with Gasteiger partial charge in [0.15, 0.2) is 0 Å². The van der Waals surface area contributed by atoms with Gasteiger partial charge < -0.3 is 14.5 Å². The predicted octanol–water partition coefficient (Wildman–Crippen LogP) is -5.80. The number of hydrogen-bond acceptors (Lipinski definition) is 4. The Balaban J connectivity index is 0. The average Bonchev–Trinajstić information content (AvgIpc) is 2.07. The van der Waals surface area contributed by atoms with Crippen molar-refractivity contribution in [3.05, 3.63) is 28.0 Å². The van der Waals surface area contributed by atoms with E-state index in [0.29, 0.717) is 0 Å². The van der Waals surface area contributed by atoms with Crippen LogP contribution in [0, 0.1) is 5.82 Å². The Kier molecular flexibility index (Phi) is 10.2. The minimum absolute atomic E-state index is 0. The van der Waals surface area contributed by atoms with Gasteiger partial charge in [-0.3, -0.25) is 4.21 Å². The van der Waals surface area contributed by atoms with Crippen LogP contribution in [0.3, 0.4) is 0 Å². The molecule has 1 unspecified atom stereocenters. The van der Waals surface area contributed by atoms with Gasteiger partial charge in [0.05, 0.1) is 10.9 Å². The summed E-state index contributed by atoms with van der Waals surface area (Å²) in [7, 11) is 0. The van der Waals surface area contributed by atoms with Gasteiger partial charge in [0.2, 0.25) is 0 Å². The second-order valence-corrected chi connectivity index (χ2v) is 4.11. The molecule has 0 aliphatic rings. The Labute approximate surface area is 146 Å². The van der Waals surface area contributed by atoms with Crippen molar-refractivity contribution in [2.45, 2.75) is 4.90 Å². The number of hydrogen-bond donors (Lipinski definition) is 0. The first-order valence-electron chi connectivity index (χ1n) is 3.23. The number of carboxylic acids is 1. The fraction of sp³-hybridized carbons (Fsp3) is 0. The number of benzene rings is 1. The molecule has 0 saturated carbocycles. The van der Waals surface area contributed by atoms with E-state index in [2.05, 4.69) is 15.9 Å². The summed E-state index contributed by atoms with van der Waals surface area (Å²) in [6.45, 7) is 0. The van der Waals surface area contributed by atoms with Crippen LogP contribution in [0.25, 0.3) is 0 Å². The van der Waals surface area contributed by atoms with Gasteiger partial charge in [-0.15, -0.1) is 0 Å². The van der Waals surface area contributed by atoms with Gasteiger partial charge in [0.1, 0.15) is 5.82 Å². The van der Waals surface area contributed by atoms with Gasteiger partial charge in [0, 0.05) is 10.0 Å². The summed E-state index contributed by atoms with van der Waals surface area (Å²) in [5, 5.41) is 10.4. The number of carbonyl (C=O) groups excluding carboxylic acids is 1. The number of carbonyl (C=O) groups is 1. The van der Waals surface area contributed by atoms with Crippen molar-refractivity contribution in [2.24, 2.45) is 0 Å². The van der Waals surface area contributed by atoms with Gasteiger partial charge in [-0.25, -0.2) is 4.39 Å². The van der Waals surface area contributed by atoms with E-state index in [1.165, 1.54) is 0 Å². The SMILES string of the molecule is O=C([O-])c1cc(Br)cc(S(=O)[O-])c1F.[Na+].[Na+]. The molecule has 0 bridgehead atoms. The summed E-state index contributed by atoms with van der Waals surface area (Å²) in [6.07, 6.45) is 0. The van der Waals surface area contributed by atoms with E-state index in [0.717, 1.165) is 12.1 Å². The van der Waals surface area contributed by atoms with E-state index in [4.69, 9.17) is 0 Å². The maximum atomic E-state index is 13.1. The molecule has 9 heteroatoms. The Morgan fingerprint density at radius 1 is 1.38 bits per heavy atom. The average molecular weight is 327 g/mol. The van der Waals surface area contributed by atoms with E-state index >= 15 is 0 Å². The fourth-order valence-corrected chi connectivity index (χ4v) is 1.92. The molecule has 0 aliphatic carbocycles. The maximum absolute atomic E-state index is 13.1. The normalized spacial score (nSPS) is 10.9. The minimum atomic E-state index is -2.82. The predicted molar refractivity (Wildman–Crippen MR) is 45.6 cm³/mol. The number of carboxylic acid groups (broad SMARTS) is 1. The van der Waals surface area contributed by atoms with Crippen molar-refractivity contribution in [1.29, 1.82) is 0 Å². The van der Waals surface area contributed by atoms with Crippen molar-refractivity contribution < 1.29 is 82.2 Å². The molecule has 0 radical (unpaired) electrons. The summed E-state index contributed by atoms with van der Waals surface area (Å²) in [6, 6.07) is 1.89. The molecule has 16 heavy (non-hydrogen) atoms. The Morgan fingerprint density at radius 3 is 2.25 bits per heavy atom. The van der Waals surface area contributed by atoms with Crippen molar-refractivity contribution >= 4 is 33.0 Å². The standard InChI is InChI=1S/C7H4BrFO4S.2Na/c8-3-1-4(7(10)11)6(9)5(2-3)14(12)13;;/h1-2H,(H,10,11)(H,12,13);;/q;2*+1/p-2. The molecule has 1 rings (SSSR count). The van der Waals surface area contributed by atoms with Gasteiger partial charge in [-0.05, 0) is 23.2 Å². The van der Waals surface area contributed by atoms with E-state index < -0.39 is 33.3 Å². The van der Waals surface area contributed by atoms with Gasteiger partial charge in [0.25, 0.3) is 0 Å². The quantitative estimate of drug-likeness (QED) is 0.400. The molecule has 0 amide bonds. The van der Waals surface area contributed by atoms with Crippen molar-refractivity contribution in [1.82, 2.24) is 0 Å². The molecule has 0 heterocycles. The molecule has 0 N–H and O–H groups in total. The van der Waals surface area contributed by atoms with Crippen LogP contribution in [0.1, 0.15) is 10.4 Å². The number of aromatic carboxylic acids is 1. The van der Waals surface area contributed by atoms with Crippen LogP contribution in [0.15, 0.2) is 21.5 Å². The molecule has 1 aromatic rings. The molecular formula is C7H2BrFNa2O4S. The molecule has 4 nitrogen and oxygen atoms in total. The fourth-order valence-electron chi connectivity index (χ4n) is 0.834. The molecular weight excluding hydrogens is 325 g/mol. The van der Waals surface area contributed by atoms with Crippen LogP contribution in [-0.4, -0.2) is 14.7 Å². The zero-order valence-electron chi connectivity index (χ0n) is 8.45. The van der Waals surface area contributed by atoms with Gasteiger partial charge in [-0.1, -0.05) is 15.9 Å². The van der Waals surface area contributed by atoms with Crippen molar-refractivity contribution in [3.63, 3.8) is 0 Å². The van der Waals surface area contributed by atoms with Crippen LogP contribution in [-0.2, 0) is 11.1 Å². The van der Waals surface area contributed by atoms with Gasteiger partial charge >= 0.3 is 59.1 Å². The zero-order valence-corrected chi connectivity index (χ0v) is 14.9. The molecule has 1 aromatic carbocycles. The maximum Gasteiger partial charge on any atom is 1.00 e. The van der Waals surface area contributed by atoms with E-state index in [-0.39, 0.29) is 63.6 Å². The van der Waals surface area contributed by atoms with Crippen LogP contribution in [0.5, 0.6) is 0 Å². The third kappa shape index (κ3) is 4.83. The summed E-state index contributed by atoms with van der Waals surface area (Å²) >= 11 is 0.0289. The molecule has 0 aliphatic heterocycles. The monoisotopic (exact) mass is 326 g/mol. The topological polar surface area (TPSA) is 80.3 Å². The zero-order chi connectivity index (χ0) is 10.9. The molecule has 0 spiro atoms. The first-order chi connectivity index (χ1) is 6.43. The Bertz CT molecular complexity index is 394.